The van der Waals surface area contributed by atoms with Crippen molar-refractivity contribution in [1.29, 1.82) is 0 Å². The molecule has 0 atom stereocenters. The lowest BCUT2D eigenvalue weighted by atomic mass is 10.1. The van der Waals surface area contributed by atoms with Gasteiger partial charge in [-0.2, -0.15) is 4.31 Å². The molecule has 2 N–H and O–H groups in total. The van der Waals surface area contributed by atoms with E-state index >= 15 is 0 Å². The van der Waals surface area contributed by atoms with E-state index in [1.165, 1.54) is 16.4 Å². The Labute approximate surface area is 131 Å². The van der Waals surface area contributed by atoms with Crippen LogP contribution in [0.3, 0.4) is 0 Å². The van der Waals surface area contributed by atoms with E-state index in [0.29, 0.717) is 44.6 Å². The third-order valence-corrected chi connectivity index (χ3v) is 5.63. The van der Waals surface area contributed by atoms with Gasteiger partial charge in [0.25, 0.3) is 0 Å². The highest BCUT2D eigenvalue weighted by Crippen LogP contribution is 2.23. The Morgan fingerprint density at radius 1 is 1.32 bits per heavy atom. The molecule has 22 heavy (non-hydrogen) atoms. The van der Waals surface area contributed by atoms with Crippen molar-refractivity contribution in [2.75, 3.05) is 26.2 Å². The molecule has 0 unspecified atom stereocenters. The minimum absolute atomic E-state index is 0.0208. The van der Waals surface area contributed by atoms with Crippen molar-refractivity contribution < 1.29 is 17.5 Å². The van der Waals surface area contributed by atoms with Gasteiger partial charge >= 0.3 is 0 Å². The van der Waals surface area contributed by atoms with Gasteiger partial charge in [0, 0.05) is 19.7 Å². The minimum atomic E-state index is -3.64. The zero-order valence-corrected chi connectivity index (χ0v) is 13.6. The van der Waals surface area contributed by atoms with Crippen molar-refractivity contribution in [2.45, 2.75) is 37.2 Å². The third kappa shape index (κ3) is 4.25. The summed E-state index contributed by atoms with van der Waals surface area (Å²) in [5, 5.41) is 0. The highest BCUT2D eigenvalue weighted by molar-refractivity contribution is 7.89. The number of rotatable bonds is 6. The van der Waals surface area contributed by atoms with Crippen LogP contribution in [-0.4, -0.2) is 45.1 Å². The van der Waals surface area contributed by atoms with Crippen LogP contribution < -0.4 is 5.73 Å². The first-order valence-corrected chi connectivity index (χ1v) is 8.96. The van der Waals surface area contributed by atoms with E-state index in [1.807, 2.05) is 0 Å². The molecule has 1 aliphatic rings. The number of hydrogen-bond donors (Lipinski definition) is 1. The molecule has 1 saturated heterocycles. The first-order valence-electron chi connectivity index (χ1n) is 7.52. The number of aryl methyl sites for hydroxylation is 1. The maximum absolute atomic E-state index is 13.4. The van der Waals surface area contributed by atoms with Crippen LogP contribution in [0, 0.1) is 12.7 Å². The van der Waals surface area contributed by atoms with Gasteiger partial charge in [0.1, 0.15) is 5.82 Å². The van der Waals surface area contributed by atoms with Crippen LogP contribution in [0.25, 0.3) is 0 Å². The van der Waals surface area contributed by atoms with E-state index in [9.17, 15) is 12.8 Å². The number of benzene rings is 1. The fraction of sp³-hybridized carbons (Fsp3) is 0.600. The number of nitrogens with two attached hydrogens (primary N) is 1. The number of piperidine rings is 1. The van der Waals surface area contributed by atoms with Gasteiger partial charge in [-0.1, -0.05) is 0 Å². The van der Waals surface area contributed by atoms with Gasteiger partial charge in [-0.05, 0) is 56.5 Å². The normalized spacial score (nSPS) is 17.8. The average molecular weight is 330 g/mol. The van der Waals surface area contributed by atoms with Crippen molar-refractivity contribution in [3.8, 4) is 0 Å². The van der Waals surface area contributed by atoms with Crippen LogP contribution in [0.5, 0.6) is 0 Å². The van der Waals surface area contributed by atoms with E-state index in [1.54, 1.807) is 6.92 Å². The second-order valence-corrected chi connectivity index (χ2v) is 7.52. The maximum Gasteiger partial charge on any atom is 0.243 e. The van der Waals surface area contributed by atoms with Crippen LogP contribution in [0.2, 0.25) is 0 Å². The van der Waals surface area contributed by atoms with Crippen molar-refractivity contribution in [3.05, 3.63) is 29.6 Å². The second kappa shape index (κ2) is 7.50. The number of halogens is 1. The molecule has 1 heterocycles. The minimum Gasteiger partial charge on any atom is -0.378 e. The fourth-order valence-electron chi connectivity index (χ4n) is 2.57. The van der Waals surface area contributed by atoms with Crippen molar-refractivity contribution in [3.63, 3.8) is 0 Å². The van der Waals surface area contributed by atoms with Crippen LogP contribution >= 0.6 is 0 Å². The molecule has 0 amide bonds. The first-order chi connectivity index (χ1) is 10.4. The number of sulfonamides is 1. The Bertz CT molecular complexity index is 579. The Morgan fingerprint density at radius 3 is 2.59 bits per heavy atom. The second-order valence-electron chi connectivity index (χ2n) is 5.58. The van der Waals surface area contributed by atoms with Gasteiger partial charge < -0.3 is 10.5 Å². The van der Waals surface area contributed by atoms with E-state index < -0.39 is 15.8 Å². The van der Waals surface area contributed by atoms with Gasteiger partial charge in [0.15, 0.2) is 0 Å². The predicted octanol–water partition coefficient (Wildman–Crippen LogP) is 1.65. The smallest absolute Gasteiger partial charge is 0.243 e. The zero-order chi connectivity index (χ0) is 16.2. The third-order valence-electron chi connectivity index (χ3n) is 3.76. The quantitative estimate of drug-likeness (QED) is 0.805. The van der Waals surface area contributed by atoms with Crippen LogP contribution in [0.15, 0.2) is 23.1 Å². The molecule has 1 aromatic carbocycles. The van der Waals surface area contributed by atoms with E-state index in [0.717, 1.165) is 12.5 Å². The van der Waals surface area contributed by atoms with Gasteiger partial charge in [0.05, 0.1) is 11.0 Å². The van der Waals surface area contributed by atoms with Crippen LogP contribution in [-0.2, 0) is 14.8 Å². The number of nitrogens with zero attached hydrogens (tertiary/aromatic N) is 1. The molecule has 0 spiro atoms. The Kier molecular flexibility index (Phi) is 5.91. The molecule has 7 heteroatoms. The first kappa shape index (κ1) is 17.3. The van der Waals surface area contributed by atoms with Gasteiger partial charge in [-0.3, -0.25) is 0 Å². The molecule has 0 aromatic heterocycles. The summed E-state index contributed by atoms with van der Waals surface area (Å²) < 4.78 is 45.6. The molecule has 5 nitrogen and oxygen atoms in total. The lowest BCUT2D eigenvalue weighted by molar-refractivity contribution is 0.0209. The molecule has 0 bridgehead atoms. The van der Waals surface area contributed by atoms with Crippen molar-refractivity contribution >= 4 is 10.0 Å². The monoisotopic (exact) mass is 330 g/mol. The van der Waals surface area contributed by atoms with Crippen molar-refractivity contribution in [2.24, 2.45) is 5.73 Å². The molecular formula is C15H23FN2O3S. The Hall–Kier alpha value is -1.02. The number of hydrogen-bond acceptors (Lipinski definition) is 4. The summed E-state index contributed by atoms with van der Waals surface area (Å²) in [5.74, 6) is -0.529. The summed E-state index contributed by atoms with van der Waals surface area (Å²) in [6, 6.07) is 3.89. The molecule has 1 fully saturated rings. The average Bonchev–Trinajstić information content (AvgIpc) is 2.47. The lowest BCUT2D eigenvalue weighted by Gasteiger charge is -2.31. The molecule has 1 aliphatic heterocycles. The predicted molar refractivity (Wildman–Crippen MR) is 82.5 cm³/mol. The molecule has 124 valence electrons. The SMILES string of the molecule is Cc1cc(F)cc(S(=O)(=O)N2CCC(OCCCN)CC2)c1. The standard InChI is InChI=1S/C15H23FN2O3S/c1-12-9-13(16)11-15(10-12)22(19,20)18-6-3-14(4-7-18)21-8-2-5-17/h9-11,14H,2-8,17H2,1H3. The topological polar surface area (TPSA) is 72.6 Å². The Morgan fingerprint density at radius 2 is 2.00 bits per heavy atom. The lowest BCUT2D eigenvalue weighted by Crippen LogP contribution is -2.41. The zero-order valence-electron chi connectivity index (χ0n) is 12.8. The summed E-state index contributed by atoms with van der Waals surface area (Å²) in [6.45, 7) is 3.67. The van der Waals surface area contributed by atoms with Gasteiger partial charge in [-0.25, -0.2) is 12.8 Å². The van der Waals surface area contributed by atoms with Gasteiger partial charge in [-0.15, -0.1) is 0 Å². The molecule has 0 radical (unpaired) electrons. The molecule has 0 aliphatic carbocycles. The summed E-state index contributed by atoms with van der Waals surface area (Å²) in [6.07, 6.45) is 2.18. The fourth-order valence-corrected chi connectivity index (χ4v) is 4.16. The summed E-state index contributed by atoms with van der Waals surface area (Å²) in [5.41, 5.74) is 6.01. The highest BCUT2D eigenvalue weighted by atomic mass is 32.2. The molecule has 1 aromatic rings. The van der Waals surface area contributed by atoms with E-state index in [4.69, 9.17) is 10.5 Å². The van der Waals surface area contributed by atoms with E-state index in [2.05, 4.69) is 0 Å². The summed E-state index contributed by atoms with van der Waals surface area (Å²) in [7, 11) is -3.64. The van der Waals surface area contributed by atoms with E-state index in [-0.39, 0.29) is 11.0 Å². The molecule has 2 rings (SSSR count). The largest absolute Gasteiger partial charge is 0.378 e. The van der Waals surface area contributed by atoms with Crippen LogP contribution in [0.4, 0.5) is 4.39 Å². The highest BCUT2D eigenvalue weighted by Gasteiger charge is 2.30. The maximum atomic E-state index is 13.4. The molecular weight excluding hydrogens is 307 g/mol. The number of ether oxygens (including phenoxy) is 1. The summed E-state index contributed by atoms with van der Waals surface area (Å²) >= 11 is 0. The summed E-state index contributed by atoms with van der Waals surface area (Å²) in [4.78, 5) is 0.0208. The Balaban J connectivity index is 2.00. The van der Waals surface area contributed by atoms with Crippen molar-refractivity contribution in [1.82, 2.24) is 4.31 Å². The molecule has 0 saturated carbocycles. The van der Waals surface area contributed by atoms with Gasteiger partial charge in [0.2, 0.25) is 10.0 Å². The van der Waals surface area contributed by atoms with Crippen LogP contribution in [0.1, 0.15) is 24.8 Å².